The fourth-order valence-corrected chi connectivity index (χ4v) is 2.61. The van der Waals surface area contributed by atoms with Crippen molar-refractivity contribution in [1.82, 2.24) is 0 Å². The second-order valence-electron chi connectivity index (χ2n) is 5.25. The SMILES string of the molecule is CCCc1ccc2cc(C(C)=O)cc(CCC)c2c1. The van der Waals surface area contributed by atoms with Crippen LogP contribution in [-0.2, 0) is 12.8 Å². The second-order valence-corrected chi connectivity index (χ2v) is 5.25. The van der Waals surface area contributed by atoms with Crippen molar-refractivity contribution in [3.8, 4) is 0 Å². The largest absolute Gasteiger partial charge is 0.295 e. The topological polar surface area (TPSA) is 17.1 Å². The number of ketones is 1. The van der Waals surface area contributed by atoms with Crippen molar-refractivity contribution in [2.45, 2.75) is 46.5 Å². The number of benzene rings is 2. The van der Waals surface area contributed by atoms with E-state index in [1.165, 1.54) is 28.3 Å². The Bertz CT molecular complexity index is 596. The number of fused-ring (bicyclic) bond motifs is 1. The summed E-state index contributed by atoms with van der Waals surface area (Å²) in [6.07, 6.45) is 4.43. The lowest BCUT2D eigenvalue weighted by molar-refractivity contribution is 0.101. The van der Waals surface area contributed by atoms with Crippen molar-refractivity contribution in [2.75, 3.05) is 0 Å². The van der Waals surface area contributed by atoms with Crippen molar-refractivity contribution in [3.63, 3.8) is 0 Å². The summed E-state index contributed by atoms with van der Waals surface area (Å²) in [4.78, 5) is 11.6. The minimum Gasteiger partial charge on any atom is -0.295 e. The number of aryl methyl sites for hydroxylation is 2. The Balaban J connectivity index is 2.61. The van der Waals surface area contributed by atoms with Crippen molar-refractivity contribution in [1.29, 1.82) is 0 Å². The molecule has 0 aliphatic rings. The molecule has 0 bridgehead atoms. The van der Waals surface area contributed by atoms with E-state index >= 15 is 0 Å². The van der Waals surface area contributed by atoms with E-state index in [0.29, 0.717) is 0 Å². The molecule has 0 unspecified atom stereocenters. The van der Waals surface area contributed by atoms with Crippen LogP contribution >= 0.6 is 0 Å². The molecule has 0 radical (unpaired) electrons. The molecule has 2 rings (SSSR count). The van der Waals surface area contributed by atoms with Crippen LogP contribution in [0.2, 0.25) is 0 Å². The van der Waals surface area contributed by atoms with Crippen molar-refractivity contribution < 1.29 is 4.79 Å². The van der Waals surface area contributed by atoms with Gasteiger partial charge in [-0.1, -0.05) is 44.9 Å². The van der Waals surface area contributed by atoms with Crippen LogP contribution in [0.4, 0.5) is 0 Å². The first-order valence-corrected chi connectivity index (χ1v) is 7.22. The number of carbonyl (C=O) groups excluding carboxylic acids is 1. The lowest BCUT2D eigenvalue weighted by atomic mass is 9.94. The van der Waals surface area contributed by atoms with Crippen LogP contribution in [0, 0.1) is 0 Å². The van der Waals surface area contributed by atoms with E-state index in [4.69, 9.17) is 0 Å². The van der Waals surface area contributed by atoms with Gasteiger partial charge in [-0.25, -0.2) is 0 Å². The molecule has 19 heavy (non-hydrogen) atoms. The normalized spacial score (nSPS) is 10.9. The number of hydrogen-bond donors (Lipinski definition) is 0. The third kappa shape index (κ3) is 3.04. The molecule has 2 aromatic rings. The average Bonchev–Trinajstić information content (AvgIpc) is 2.39. The smallest absolute Gasteiger partial charge is 0.159 e. The summed E-state index contributed by atoms with van der Waals surface area (Å²) in [5.41, 5.74) is 3.53. The van der Waals surface area contributed by atoms with Crippen LogP contribution in [0.15, 0.2) is 30.3 Å². The predicted molar refractivity (Wildman–Crippen MR) is 81.9 cm³/mol. The summed E-state index contributed by atoms with van der Waals surface area (Å²) >= 11 is 0. The molecule has 0 saturated carbocycles. The van der Waals surface area contributed by atoms with Crippen LogP contribution in [0.5, 0.6) is 0 Å². The fourth-order valence-electron chi connectivity index (χ4n) is 2.61. The molecule has 0 aliphatic heterocycles. The maximum absolute atomic E-state index is 11.6. The molecular weight excluding hydrogens is 232 g/mol. The highest BCUT2D eigenvalue weighted by Gasteiger charge is 2.07. The van der Waals surface area contributed by atoms with Gasteiger partial charge in [0.15, 0.2) is 5.78 Å². The summed E-state index contributed by atoms with van der Waals surface area (Å²) < 4.78 is 0. The molecule has 2 aromatic carbocycles. The summed E-state index contributed by atoms with van der Waals surface area (Å²) in [6.45, 7) is 6.03. The molecule has 0 aliphatic carbocycles. The molecule has 0 N–H and O–H groups in total. The van der Waals surface area contributed by atoms with Crippen molar-refractivity contribution >= 4 is 16.6 Å². The van der Waals surface area contributed by atoms with Gasteiger partial charge in [0.25, 0.3) is 0 Å². The summed E-state index contributed by atoms with van der Waals surface area (Å²) in [5.74, 6) is 0.150. The Labute approximate surface area is 115 Å². The van der Waals surface area contributed by atoms with E-state index < -0.39 is 0 Å². The van der Waals surface area contributed by atoms with Gasteiger partial charge < -0.3 is 0 Å². The Kier molecular flexibility index (Phi) is 4.36. The maximum Gasteiger partial charge on any atom is 0.159 e. The van der Waals surface area contributed by atoms with Crippen LogP contribution in [0.25, 0.3) is 10.8 Å². The van der Waals surface area contributed by atoms with E-state index in [0.717, 1.165) is 24.8 Å². The van der Waals surface area contributed by atoms with Gasteiger partial charge >= 0.3 is 0 Å². The molecule has 0 spiro atoms. The predicted octanol–water partition coefficient (Wildman–Crippen LogP) is 4.95. The molecule has 1 nitrogen and oxygen atoms in total. The van der Waals surface area contributed by atoms with E-state index in [9.17, 15) is 4.79 Å². The highest BCUT2D eigenvalue weighted by molar-refractivity contribution is 5.99. The van der Waals surface area contributed by atoms with Gasteiger partial charge in [0.1, 0.15) is 0 Å². The number of hydrogen-bond acceptors (Lipinski definition) is 1. The van der Waals surface area contributed by atoms with Crippen molar-refractivity contribution in [2.24, 2.45) is 0 Å². The molecule has 1 heteroatoms. The number of carbonyl (C=O) groups is 1. The minimum absolute atomic E-state index is 0.150. The van der Waals surface area contributed by atoms with Crippen LogP contribution in [-0.4, -0.2) is 5.78 Å². The van der Waals surface area contributed by atoms with Crippen LogP contribution in [0.3, 0.4) is 0 Å². The summed E-state index contributed by atoms with van der Waals surface area (Å²) in [7, 11) is 0. The van der Waals surface area contributed by atoms with Crippen molar-refractivity contribution in [3.05, 3.63) is 47.0 Å². The zero-order valence-electron chi connectivity index (χ0n) is 12.1. The average molecular weight is 254 g/mol. The molecule has 0 fully saturated rings. The highest BCUT2D eigenvalue weighted by Crippen LogP contribution is 2.25. The molecule has 100 valence electrons. The zero-order valence-corrected chi connectivity index (χ0v) is 12.1. The van der Waals surface area contributed by atoms with Gasteiger partial charge in [0, 0.05) is 5.56 Å². The van der Waals surface area contributed by atoms with Gasteiger partial charge in [0.2, 0.25) is 0 Å². The Morgan fingerprint density at radius 2 is 1.74 bits per heavy atom. The van der Waals surface area contributed by atoms with E-state index in [1.807, 2.05) is 6.07 Å². The first-order chi connectivity index (χ1) is 9.15. The van der Waals surface area contributed by atoms with Gasteiger partial charge in [-0.2, -0.15) is 0 Å². The van der Waals surface area contributed by atoms with Crippen LogP contribution in [0.1, 0.15) is 55.1 Å². The maximum atomic E-state index is 11.6. The Hall–Kier alpha value is -1.63. The molecule has 0 heterocycles. The van der Waals surface area contributed by atoms with Gasteiger partial charge in [-0.05, 0) is 53.8 Å². The quantitative estimate of drug-likeness (QED) is 0.690. The first-order valence-electron chi connectivity index (χ1n) is 7.22. The molecule has 0 atom stereocenters. The molecule has 0 aromatic heterocycles. The molecule has 0 amide bonds. The lowest BCUT2D eigenvalue weighted by Crippen LogP contribution is -1.97. The zero-order chi connectivity index (χ0) is 13.8. The molecule has 0 saturated heterocycles. The minimum atomic E-state index is 0.150. The number of rotatable bonds is 5. The Morgan fingerprint density at radius 1 is 1.00 bits per heavy atom. The number of Topliss-reactive ketones (excluding diaryl/α,β-unsaturated/α-hetero) is 1. The highest BCUT2D eigenvalue weighted by atomic mass is 16.1. The third-order valence-electron chi connectivity index (χ3n) is 3.57. The summed E-state index contributed by atoms with van der Waals surface area (Å²) in [5, 5.41) is 2.51. The second kappa shape index (κ2) is 6.01. The first kappa shape index (κ1) is 13.8. The van der Waals surface area contributed by atoms with Gasteiger partial charge in [0.05, 0.1) is 0 Å². The van der Waals surface area contributed by atoms with E-state index in [1.54, 1.807) is 6.92 Å². The third-order valence-corrected chi connectivity index (χ3v) is 3.57. The fraction of sp³-hybridized carbons (Fsp3) is 0.389. The van der Waals surface area contributed by atoms with Gasteiger partial charge in [-0.15, -0.1) is 0 Å². The van der Waals surface area contributed by atoms with Gasteiger partial charge in [-0.3, -0.25) is 4.79 Å². The summed E-state index contributed by atoms with van der Waals surface area (Å²) in [6, 6.07) is 10.7. The lowest BCUT2D eigenvalue weighted by Gasteiger charge is -2.10. The van der Waals surface area contributed by atoms with E-state index in [2.05, 4.69) is 38.1 Å². The Morgan fingerprint density at radius 3 is 2.37 bits per heavy atom. The van der Waals surface area contributed by atoms with Crippen LogP contribution < -0.4 is 0 Å². The monoisotopic (exact) mass is 254 g/mol. The van der Waals surface area contributed by atoms with E-state index in [-0.39, 0.29) is 5.78 Å². The standard InChI is InChI=1S/C18H22O/c1-4-6-14-8-9-16-12-17(13(3)19)11-15(7-5-2)18(16)10-14/h8-12H,4-7H2,1-3H3. The molecular formula is C18H22O.